The molecule has 3 heteroatoms. The van der Waals surface area contributed by atoms with E-state index >= 15 is 0 Å². The van der Waals surface area contributed by atoms with Gasteiger partial charge in [0.15, 0.2) is 23.0 Å². The molecule has 0 N–H and O–H groups in total. The monoisotopic (exact) mass is 817 g/mol. The average molecular weight is 818 g/mol. The van der Waals surface area contributed by atoms with Crippen molar-refractivity contribution in [2.45, 2.75) is 5.41 Å². The highest BCUT2D eigenvalue weighted by atomic mass is 16.6. The Bertz CT molecular complexity index is 3390. The highest BCUT2D eigenvalue weighted by Crippen LogP contribution is 2.67. The minimum atomic E-state index is -0.585. The predicted molar refractivity (Wildman–Crippen MR) is 260 cm³/mol. The molecule has 0 bridgehead atoms. The lowest BCUT2D eigenvalue weighted by molar-refractivity contribution is 0.355. The van der Waals surface area contributed by atoms with Crippen LogP contribution in [0.1, 0.15) is 22.3 Å². The minimum Gasteiger partial charge on any atom is -0.449 e. The molecule has 0 radical (unpaired) electrons. The van der Waals surface area contributed by atoms with Gasteiger partial charge in [-0.25, -0.2) is 0 Å². The number of benzene rings is 10. The fourth-order valence-electron chi connectivity index (χ4n) is 10.7. The molecule has 64 heavy (non-hydrogen) atoms. The van der Waals surface area contributed by atoms with Gasteiger partial charge in [-0.05, 0) is 103 Å². The topological polar surface area (TPSA) is 21.7 Å². The van der Waals surface area contributed by atoms with Crippen LogP contribution in [0.3, 0.4) is 0 Å². The zero-order chi connectivity index (χ0) is 42.2. The van der Waals surface area contributed by atoms with Crippen molar-refractivity contribution in [3.05, 3.63) is 259 Å². The number of para-hydroxylation sites is 2. The van der Waals surface area contributed by atoms with Crippen molar-refractivity contribution in [1.29, 1.82) is 0 Å². The normalized spacial score (nSPS) is 13.1. The fraction of sp³-hybridized carbons (Fsp3) is 0.0164. The van der Waals surface area contributed by atoms with E-state index in [1.807, 2.05) is 6.07 Å². The molecule has 0 fully saturated rings. The Balaban J connectivity index is 1.03. The number of rotatable bonds is 6. The first kappa shape index (κ1) is 36.3. The van der Waals surface area contributed by atoms with Gasteiger partial charge in [0.1, 0.15) is 0 Å². The molecule has 0 saturated carbocycles. The van der Waals surface area contributed by atoms with E-state index in [-0.39, 0.29) is 0 Å². The Morgan fingerprint density at radius 3 is 1.38 bits per heavy atom. The second-order valence-corrected chi connectivity index (χ2v) is 16.7. The molecule has 300 valence electrons. The molecule has 1 spiro atoms. The van der Waals surface area contributed by atoms with Crippen LogP contribution in [0.2, 0.25) is 0 Å². The summed E-state index contributed by atoms with van der Waals surface area (Å²) in [6.07, 6.45) is 0. The predicted octanol–water partition coefficient (Wildman–Crippen LogP) is 16.4. The molecular formula is C61H39NO2. The van der Waals surface area contributed by atoms with Gasteiger partial charge in [-0.3, -0.25) is 0 Å². The first-order valence-electron chi connectivity index (χ1n) is 21.9. The fourth-order valence-corrected chi connectivity index (χ4v) is 10.7. The zero-order valence-electron chi connectivity index (χ0n) is 34.8. The van der Waals surface area contributed by atoms with Gasteiger partial charge in [0, 0.05) is 16.8 Å². The van der Waals surface area contributed by atoms with Crippen molar-refractivity contribution in [3.63, 3.8) is 0 Å². The Kier molecular flexibility index (Phi) is 8.13. The maximum Gasteiger partial charge on any atom is 0.194 e. The number of hydrogen-bond acceptors (Lipinski definition) is 3. The molecule has 0 unspecified atom stereocenters. The Hall–Kier alpha value is -8.40. The van der Waals surface area contributed by atoms with Crippen LogP contribution in [0.4, 0.5) is 17.1 Å². The Morgan fingerprint density at radius 2 is 0.750 bits per heavy atom. The molecule has 3 aliphatic rings. The summed E-state index contributed by atoms with van der Waals surface area (Å²) in [6, 6.07) is 84.6. The summed E-state index contributed by atoms with van der Waals surface area (Å²) in [5.41, 5.74) is 18.9. The van der Waals surface area contributed by atoms with Crippen LogP contribution in [0.5, 0.6) is 23.0 Å². The molecule has 0 aromatic heterocycles. The molecule has 0 atom stereocenters. The molecule has 1 aliphatic heterocycles. The van der Waals surface area contributed by atoms with E-state index in [1.165, 1.54) is 33.4 Å². The van der Waals surface area contributed by atoms with Crippen molar-refractivity contribution in [2.75, 3.05) is 4.90 Å². The highest BCUT2D eigenvalue weighted by molar-refractivity contribution is 5.98. The summed E-state index contributed by atoms with van der Waals surface area (Å²) in [5, 5.41) is 0. The number of fused-ring (bicyclic) bond motifs is 13. The van der Waals surface area contributed by atoms with Crippen molar-refractivity contribution >= 4 is 17.1 Å². The summed E-state index contributed by atoms with van der Waals surface area (Å²) in [6.45, 7) is 0. The summed E-state index contributed by atoms with van der Waals surface area (Å²) >= 11 is 0. The van der Waals surface area contributed by atoms with Crippen molar-refractivity contribution in [2.24, 2.45) is 0 Å². The summed E-state index contributed by atoms with van der Waals surface area (Å²) in [5.74, 6) is 2.76. The minimum absolute atomic E-state index is 0.585. The summed E-state index contributed by atoms with van der Waals surface area (Å²) in [7, 11) is 0. The first-order chi connectivity index (χ1) is 31.8. The second kappa shape index (κ2) is 14.3. The molecule has 10 aromatic carbocycles. The van der Waals surface area contributed by atoms with E-state index < -0.39 is 5.41 Å². The smallest absolute Gasteiger partial charge is 0.194 e. The van der Waals surface area contributed by atoms with E-state index in [0.717, 1.165) is 67.3 Å². The van der Waals surface area contributed by atoms with E-state index in [9.17, 15) is 0 Å². The Morgan fingerprint density at radius 1 is 0.297 bits per heavy atom. The summed E-state index contributed by atoms with van der Waals surface area (Å²) < 4.78 is 14.7. The van der Waals surface area contributed by atoms with Crippen LogP contribution < -0.4 is 14.4 Å². The SMILES string of the molecule is c1ccc(-c2ccc(N(c3ccccc3-c3ccccc3)c3cccc4c3Oc3ccc5c(c3O4)C3(c4ccccc4-c4ccccc43)c3ccccc3-5)cc2-c2ccccc2)cc1. The number of nitrogens with zero attached hydrogens (tertiary/aromatic N) is 1. The van der Waals surface area contributed by atoms with Crippen LogP contribution in [0.15, 0.2) is 237 Å². The molecule has 1 heterocycles. The number of anilines is 3. The molecule has 2 aliphatic carbocycles. The number of hydrogen-bond donors (Lipinski definition) is 0. The third-order valence-electron chi connectivity index (χ3n) is 13.4. The third-order valence-corrected chi connectivity index (χ3v) is 13.4. The number of ether oxygens (including phenoxy) is 2. The lowest BCUT2D eigenvalue weighted by Crippen LogP contribution is -2.27. The average Bonchev–Trinajstić information content (AvgIpc) is 3.84. The van der Waals surface area contributed by atoms with Gasteiger partial charge in [0.05, 0.1) is 16.8 Å². The molecule has 3 nitrogen and oxygen atoms in total. The Labute approximate surface area is 372 Å². The van der Waals surface area contributed by atoms with Crippen molar-refractivity contribution in [3.8, 4) is 78.6 Å². The standard InChI is InChI=1S/C61H39NO2/c1-4-19-40(20-5-1)44-36-35-43(39-50(44)42-23-8-3-9-24-42)62(54-32-17-13-25-45(54)41-21-6-2-7-22-41)55-33-18-34-56-59(55)63-57-38-37-49-48-28-12-16-31-53(48)61(58(49)60(57)64-56)51-29-14-10-26-46(51)47-27-11-15-30-52(47)61/h1-39H. The molecule has 0 amide bonds. The third kappa shape index (κ3) is 5.28. The summed E-state index contributed by atoms with van der Waals surface area (Å²) in [4.78, 5) is 2.34. The van der Waals surface area contributed by atoms with Gasteiger partial charge in [-0.1, -0.05) is 200 Å². The van der Waals surface area contributed by atoms with Gasteiger partial charge < -0.3 is 14.4 Å². The van der Waals surface area contributed by atoms with E-state index in [2.05, 4.69) is 235 Å². The van der Waals surface area contributed by atoms with Crippen molar-refractivity contribution < 1.29 is 9.47 Å². The van der Waals surface area contributed by atoms with Crippen LogP contribution >= 0.6 is 0 Å². The van der Waals surface area contributed by atoms with Crippen LogP contribution in [0, 0.1) is 0 Å². The van der Waals surface area contributed by atoms with Crippen LogP contribution in [-0.4, -0.2) is 0 Å². The van der Waals surface area contributed by atoms with E-state index in [1.54, 1.807) is 0 Å². The maximum absolute atomic E-state index is 7.36. The molecule has 13 rings (SSSR count). The maximum atomic E-state index is 7.36. The van der Waals surface area contributed by atoms with Gasteiger partial charge in [-0.15, -0.1) is 0 Å². The van der Waals surface area contributed by atoms with Crippen molar-refractivity contribution in [1.82, 2.24) is 0 Å². The van der Waals surface area contributed by atoms with Gasteiger partial charge in [0.2, 0.25) is 0 Å². The van der Waals surface area contributed by atoms with E-state index in [0.29, 0.717) is 17.2 Å². The molecular weight excluding hydrogens is 779 g/mol. The van der Waals surface area contributed by atoms with Gasteiger partial charge in [0.25, 0.3) is 0 Å². The second-order valence-electron chi connectivity index (χ2n) is 16.7. The van der Waals surface area contributed by atoms with Crippen LogP contribution in [0.25, 0.3) is 55.6 Å². The van der Waals surface area contributed by atoms with Gasteiger partial charge in [-0.2, -0.15) is 0 Å². The molecule has 10 aromatic rings. The van der Waals surface area contributed by atoms with Gasteiger partial charge >= 0.3 is 0 Å². The molecule has 0 saturated heterocycles. The van der Waals surface area contributed by atoms with Crippen LogP contribution in [-0.2, 0) is 5.41 Å². The first-order valence-corrected chi connectivity index (χ1v) is 21.9. The largest absolute Gasteiger partial charge is 0.449 e. The quantitative estimate of drug-likeness (QED) is 0.167. The lowest BCUT2D eigenvalue weighted by Gasteiger charge is -2.35. The zero-order valence-corrected chi connectivity index (χ0v) is 34.8. The highest BCUT2D eigenvalue weighted by Gasteiger charge is 2.54. The lowest BCUT2D eigenvalue weighted by atomic mass is 9.70. The van der Waals surface area contributed by atoms with E-state index in [4.69, 9.17) is 9.47 Å².